The monoisotopic (exact) mass is 219 g/mol. The fourth-order valence-corrected chi connectivity index (χ4v) is 2.36. The molecular weight excluding hydrogens is 206 g/mol. The molecule has 1 saturated carbocycles. The van der Waals surface area contributed by atoms with E-state index in [2.05, 4.69) is 0 Å². The topological polar surface area (TPSA) is 61.5 Å². The normalized spacial score (nSPS) is 26.6. The summed E-state index contributed by atoms with van der Waals surface area (Å²) in [7, 11) is 1.35. The minimum absolute atomic E-state index is 0.390. The number of carbonyl (C=O) groups excluding carboxylic acids is 1. The zero-order valence-corrected chi connectivity index (χ0v) is 9.08. The van der Waals surface area contributed by atoms with Gasteiger partial charge in [0.15, 0.2) is 0 Å². The van der Waals surface area contributed by atoms with Gasteiger partial charge >= 0.3 is 5.97 Å². The highest BCUT2D eigenvalue weighted by atomic mass is 16.5. The molecule has 84 valence electrons. The molecule has 0 spiro atoms. The third-order valence-corrected chi connectivity index (χ3v) is 3.32. The Morgan fingerprint density at radius 2 is 2.44 bits per heavy atom. The first-order valence-corrected chi connectivity index (χ1v) is 5.36. The molecule has 1 heterocycles. The average Bonchev–Trinajstić information content (AvgIpc) is 3.06. The van der Waals surface area contributed by atoms with Gasteiger partial charge in [-0.2, -0.15) is 0 Å². The van der Waals surface area contributed by atoms with E-state index in [0.717, 1.165) is 18.4 Å². The third kappa shape index (κ3) is 1.19. The Morgan fingerprint density at radius 1 is 1.62 bits per heavy atom. The van der Waals surface area contributed by atoms with Crippen molar-refractivity contribution in [3.8, 4) is 0 Å². The van der Waals surface area contributed by atoms with E-state index in [1.807, 2.05) is 6.08 Å². The zero-order valence-electron chi connectivity index (χ0n) is 9.08. The SMILES string of the molecule is COC(=O)C1=C2OCC3CC3=C2CC=C1N. The van der Waals surface area contributed by atoms with Crippen LogP contribution >= 0.6 is 0 Å². The van der Waals surface area contributed by atoms with Crippen LogP contribution in [0.1, 0.15) is 12.8 Å². The Hall–Kier alpha value is -1.71. The second-order valence-electron chi connectivity index (χ2n) is 4.28. The third-order valence-electron chi connectivity index (χ3n) is 3.32. The smallest absolute Gasteiger partial charge is 0.343 e. The molecule has 0 bridgehead atoms. The van der Waals surface area contributed by atoms with E-state index >= 15 is 0 Å². The van der Waals surface area contributed by atoms with Crippen molar-refractivity contribution >= 4 is 5.97 Å². The van der Waals surface area contributed by atoms with Gasteiger partial charge in [0.05, 0.1) is 13.7 Å². The fourth-order valence-electron chi connectivity index (χ4n) is 2.36. The lowest BCUT2D eigenvalue weighted by atomic mass is 9.94. The molecule has 1 unspecified atom stereocenters. The molecule has 3 aliphatic rings. The van der Waals surface area contributed by atoms with Crippen LogP contribution in [0.25, 0.3) is 0 Å². The predicted octanol–water partition coefficient (Wildman–Crippen LogP) is 1.01. The second-order valence-corrected chi connectivity index (χ2v) is 4.28. The van der Waals surface area contributed by atoms with Gasteiger partial charge in [-0.05, 0) is 18.4 Å². The summed E-state index contributed by atoms with van der Waals surface area (Å²) in [5, 5.41) is 0. The summed E-state index contributed by atoms with van der Waals surface area (Å²) < 4.78 is 10.4. The van der Waals surface area contributed by atoms with E-state index in [4.69, 9.17) is 15.2 Å². The van der Waals surface area contributed by atoms with Gasteiger partial charge in [0, 0.05) is 11.6 Å². The summed E-state index contributed by atoms with van der Waals surface area (Å²) >= 11 is 0. The number of nitrogens with two attached hydrogens (primary N) is 1. The Labute approximate surface area is 93.4 Å². The molecule has 16 heavy (non-hydrogen) atoms. The van der Waals surface area contributed by atoms with Crippen molar-refractivity contribution < 1.29 is 14.3 Å². The molecule has 4 heteroatoms. The standard InChI is InChI=1S/C12H13NO3/c1-15-12(14)10-9(13)3-2-7-8-4-6(8)5-16-11(7)10/h3,6H,2,4-5,13H2,1H3. The minimum Gasteiger partial charge on any atom is -0.492 e. The minimum atomic E-state index is -0.416. The molecule has 0 amide bonds. The van der Waals surface area contributed by atoms with Gasteiger partial charge in [-0.3, -0.25) is 0 Å². The molecule has 2 N–H and O–H groups in total. The summed E-state index contributed by atoms with van der Waals surface area (Å²) in [6.45, 7) is 0.669. The predicted molar refractivity (Wildman–Crippen MR) is 57.0 cm³/mol. The highest BCUT2D eigenvalue weighted by Crippen LogP contribution is 2.49. The number of carbonyl (C=O) groups is 1. The van der Waals surface area contributed by atoms with E-state index in [9.17, 15) is 4.79 Å². The van der Waals surface area contributed by atoms with Crippen molar-refractivity contribution in [1.29, 1.82) is 0 Å². The Bertz CT molecular complexity index is 471. The molecule has 1 fully saturated rings. The number of ether oxygens (including phenoxy) is 2. The Balaban J connectivity index is 2.12. The maximum Gasteiger partial charge on any atom is 0.343 e. The fraction of sp³-hybridized carbons (Fsp3) is 0.417. The van der Waals surface area contributed by atoms with Crippen molar-refractivity contribution in [1.82, 2.24) is 0 Å². The molecular formula is C12H13NO3. The van der Waals surface area contributed by atoms with Gasteiger partial charge in [0.25, 0.3) is 0 Å². The van der Waals surface area contributed by atoms with E-state index < -0.39 is 5.97 Å². The molecule has 3 rings (SSSR count). The van der Waals surface area contributed by atoms with Gasteiger partial charge in [0.2, 0.25) is 0 Å². The van der Waals surface area contributed by atoms with Crippen LogP contribution in [-0.4, -0.2) is 19.7 Å². The molecule has 1 aliphatic heterocycles. The lowest BCUT2D eigenvalue weighted by Gasteiger charge is -2.23. The van der Waals surface area contributed by atoms with E-state index in [1.54, 1.807) is 0 Å². The number of methoxy groups -OCH3 is 1. The number of esters is 1. The number of fused-ring (bicyclic) bond motifs is 2. The molecule has 0 aromatic rings. The lowest BCUT2D eigenvalue weighted by molar-refractivity contribution is -0.136. The van der Waals surface area contributed by atoms with Crippen LogP contribution in [-0.2, 0) is 14.3 Å². The Morgan fingerprint density at radius 3 is 3.19 bits per heavy atom. The van der Waals surface area contributed by atoms with Crippen LogP contribution in [0.15, 0.2) is 34.3 Å². The van der Waals surface area contributed by atoms with Crippen LogP contribution in [0.5, 0.6) is 0 Å². The molecule has 2 aliphatic carbocycles. The largest absolute Gasteiger partial charge is 0.492 e. The second kappa shape index (κ2) is 3.14. The Kier molecular flexibility index (Phi) is 1.87. The van der Waals surface area contributed by atoms with Crippen molar-refractivity contribution in [2.75, 3.05) is 13.7 Å². The summed E-state index contributed by atoms with van der Waals surface area (Å²) in [4.78, 5) is 11.6. The zero-order chi connectivity index (χ0) is 11.3. The van der Waals surface area contributed by atoms with Crippen LogP contribution in [0.3, 0.4) is 0 Å². The summed E-state index contributed by atoms with van der Waals surface area (Å²) in [5.74, 6) is 0.807. The molecule has 4 nitrogen and oxygen atoms in total. The number of allylic oxidation sites excluding steroid dienone is 2. The van der Waals surface area contributed by atoms with Crippen LogP contribution < -0.4 is 5.73 Å². The summed E-state index contributed by atoms with van der Waals surface area (Å²) in [5.41, 5.74) is 9.24. The first-order chi connectivity index (χ1) is 7.72. The van der Waals surface area contributed by atoms with E-state index in [1.165, 1.54) is 12.7 Å². The maximum atomic E-state index is 11.6. The molecule has 0 aromatic heterocycles. The average molecular weight is 219 g/mol. The van der Waals surface area contributed by atoms with Gasteiger partial charge in [-0.25, -0.2) is 4.79 Å². The first-order valence-electron chi connectivity index (χ1n) is 5.36. The quantitative estimate of drug-likeness (QED) is 0.668. The van der Waals surface area contributed by atoms with E-state index in [-0.39, 0.29) is 0 Å². The van der Waals surface area contributed by atoms with Crippen molar-refractivity contribution in [2.45, 2.75) is 12.8 Å². The van der Waals surface area contributed by atoms with Crippen molar-refractivity contribution in [3.05, 3.63) is 34.3 Å². The molecule has 0 radical (unpaired) electrons. The number of hydrogen-bond donors (Lipinski definition) is 1. The van der Waals surface area contributed by atoms with Crippen molar-refractivity contribution in [3.63, 3.8) is 0 Å². The van der Waals surface area contributed by atoms with Gasteiger partial charge in [-0.15, -0.1) is 0 Å². The van der Waals surface area contributed by atoms with Crippen LogP contribution in [0.2, 0.25) is 0 Å². The van der Waals surface area contributed by atoms with E-state index in [0.29, 0.717) is 29.6 Å². The first kappa shape index (κ1) is 9.51. The van der Waals surface area contributed by atoms with Crippen molar-refractivity contribution in [2.24, 2.45) is 11.7 Å². The van der Waals surface area contributed by atoms with Gasteiger partial charge in [0.1, 0.15) is 11.3 Å². The molecule has 1 atom stereocenters. The summed E-state index contributed by atoms with van der Waals surface area (Å²) in [6.07, 6.45) is 3.73. The van der Waals surface area contributed by atoms with Gasteiger partial charge < -0.3 is 15.2 Å². The van der Waals surface area contributed by atoms with Crippen LogP contribution in [0.4, 0.5) is 0 Å². The van der Waals surface area contributed by atoms with Gasteiger partial charge in [-0.1, -0.05) is 11.6 Å². The molecule has 0 saturated heterocycles. The molecule has 0 aromatic carbocycles. The lowest BCUT2D eigenvalue weighted by Crippen LogP contribution is -2.22. The highest BCUT2D eigenvalue weighted by molar-refractivity contribution is 5.95. The number of rotatable bonds is 1. The van der Waals surface area contributed by atoms with Crippen LogP contribution in [0, 0.1) is 5.92 Å². The maximum absolute atomic E-state index is 11.6. The number of hydrogen-bond acceptors (Lipinski definition) is 4. The summed E-state index contributed by atoms with van der Waals surface area (Å²) in [6, 6.07) is 0. The highest BCUT2D eigenvalue weighted by Gasteiger charge is 2.41.